The number of thiazole rings is 1. The molecule has 0 saturated heterocycles. The Balaban J connectivity index is 2.44. The van der Waals surface area contributed by atoms with Crippen LogP contribution in [-0.4, -0.2) is 9.97 Å². The molecule has 2 rings (SSSR count). The third-order valence-corrected chi connectivity index (χ3v) is 3.58. The highest BCUT2D eigenvalue weighted by molar-refractivity contribution is 7.15. The summed E-state index contributed by atoms with van der Waals surface area (Å²) in [6.07, 6.45) is 2.83. The zero-order valence-electron chi connectivity index (χ0n) is 9.24. The van der Waals surface area contributed by atoms with Crippen molar-refractivity contribution >= 4 is 11.3 Å². The van der Waals surface area contributed by atoms with Crippen LogP contribution < -0.4 is 0 Å². The molecule has 0 fully saturated rings. The van der Waals surface area contributed by atoms with Crippen molar-refractivity contribution in [3.05, 3.63) is 34.6 Å². The number of pyridine rings is 1. The minimum Gasteiger partial charge on any atom is -0.261 e. The SMILES string of the molecule is CCc1cc(-c2nc(C)c(C)s2)ccn1. The molecular weight excluding hydrogens is 204 g/mol. The minimum atomic E-state index is 0.969. The van der Waals surface area contributed by atoms with Crippen LogP contribution in [0.2, 0.25) is 0 Å². The molecule has 78 valence electrons. The highest BCUT2D eigenvalue weighted by atomic mass is 32.1. The van der Waals surface area contributed by atoms with Gasteiger partial charge in [-0.15, -0.1) is 11.3 Å². The lowest BCUT2D eigenvalue weighted by Crippen LogP contribution is -1.86. The average Bonchev–Trinajstić information content (AvgIpc) is 2.59. The van der Waals surface area contributed by atoms with Crippen molar-refractivity contribution in [3.8, 4) is 10.6 Å². The summed E-state index contributed by atoms with van der Waals surface area (Å²) in [4.78, 5) is 10.1. The summed E-state index contributed by atoms with van der Waals surface area (Å²) in [5, 5.41) is 1.10. The van der Waals surface area contributed by atoms with E-state index in [9.17, 15) is 0 Å². The van der Waals surface area contributed by atoms with E-state index in [1.54, 1.807) is 11.3 Å². The molecule has 0 aromatic carbocycles. The van der Waals surface area contributed by atoms with Crippen molar-refractivity contribution < 1.29 is 0 Å². The molecule has 0 amide bonds. The Morgan fingerprint density at radius 1 is 1.33 bits per heavy atom. The summed E-state index contributed by atoms with van der Waals surface area (Å²) < 4.78 is 0. The average molecular weight is 218 g/mol. The predicted molar refractivity (Wildman–Crippen MR) is 64.2 cm³/mol. The first-order valence-corrected chi connectivity index (χ1v) is 5.91. The standard InChI is InChI=1S/C12H14N2S/c1-4-11-7-10(5-6-13-11)12-14-8(2)9(3)15-12/h5-7H,4H2,1-3H3. The van der Waals surface area contributed by atoms with Gasteiger partial charge in [-0.2, -0.15) is 0 Å². The predicted octanol–water partition coefficient (Wildman–Crippen LogP) is 3.38. The van der Waals surface area contributed by atoms with Crippen LogP contribution in [0.15, 0.2) is 18.3 Å². The molecule has 2 nitrogen and oxygen atoms in total. The first-order valence-electron chi connectivity index (χ1n) is 5.10. The summed E-state index contributed by atoms with van der Waals surface area (Å²) in [5.74, 6) is 0. The van der Waals surface area contributed by atoms with Gasteiger partial charge in [0.2, 0.25) is 0 Å². The van der Waals surface area contributed by atoms with Gasteiger partial charge in [0.1, 0.15) is 5.01 Å². The van der Waals surface area contributed by atoms with Crippen molar-refractivity contribution in [1.29, 1.82) is 0 Å². The monoisotopic (exact) mass is 218 g/mol. The van der Waals surface area contributed by atoms with E-state index in [0.29, 0.717) is 0 Å². The van der Waals surface area contributed by atoms with Gasteiger partial charge < -0.3 is 0 Å². The largest absolute Gasteiger partial charge is 0.261 e. The molecule has 2 heterocycles. The molecule has 3 heteroatoms. The zero-order chi connectivity index (χ0) is 10.8. The summed E-state index contributed by atoms with van der Waals surface area (Å²) in [5.41, 5.74) is 3.44. The van der Waals surface area contributed by atoms with E-state index in [-0.39, 0.29) is 0 Å². The van der Waals surface area contributed by atoms with Gasteiger partial charge in [-0.3, -0.25) is 4.98 Å². The van der Waals surface area contributed by atoms with Crippen LogP contribution in [0.25, 0.3) is 10.6 Å². The van der Waals surface area contributed by atoms with Crippen LogP contribution >= 0.6 is 11.3 Å². The Morgan fingerprint density at radius 3 is 2.73 bits per heavy atom. The summed E-state index contributed by atoms with van der Waals surface area (Å²) >= 11 is 1.75. The minimum absolute atomic E-state index is 0.969. The van der Waals surface area contributed by atoms with Crippen molar-refractivity contribution in [2.24, 2.45) is 0 Å². The second-order valence-corrected chi connectivity index (χ2v) is 4.75. The van der Waals surface area contributed by atoms with Crippen molar-refractivity contribution in [2.75, 3.05) is 0 Å². The molecule has 0 radical (unpaired) electrons. The molecular formula is C12H14N2S. The van der Waals surface area contributed by atoms with Gasteiger partial charge >= 0.3 is 0 Å². The molecule has 0 saturated carbocycles. The van der Waals surface area contributed by atoms with Crippen LogP contribution in [0.5, 0.6) is 0 Å². The Labute approximate surface area is 94.0 Å². The van der Waals surface area contributed by atoms with Crippen molar-refractivity contribution in [2.45, 2.75) is 27.2 Å². The third-order valence-electron chi connectivity index (χ3n) is 2.45. The summed E-state index contributed by atoms with van der Waals surface area (Å²) in [6, 6.07) is 4.15. The number of rotatable bonds is 2. The Hall–Kier alpha value is -1.22. The number of hydrogen-bond donors (Lipinski definition) is 0. The van der Waals surface area contributed by atoms with Crippen LogP contribution in [0, 0.1) is 13.8 Å². The zero-order valence-corrected chi connectivity index (χ0v) is 10.1. The van der Waals surface area contributed by atoms with Gasteiger partial charge in [0.15, 0.2) is 0 Å². The van der Waals surface area contributed by atoms with Crippen molar-refractivity contribution in [3.63, 3.8) is 0 Å². The van der Waals surface area contributed by atoms with E-state index in [4.69, 9.17) is 0 Å². The van der Waals surface area contributed by atoms with Gasteiger partial charge in [0.25, 0.3) is 0 Å². The lowest BCUT2D eigenvalue weighted by Gasteiger charge is -1.98. The van der Waals surface area contributed by atoms with Crippen LogP contribution in [-0.2, 0) is 6.42 Å². The molecule has 0 bridgehead atoms. The fraction of sp³-hybridized carbons (Fsp3) is 0.333. The molecule has 0 aliphatic heterocycles. The fourth-order valence-corrected chi connectivity index (χ4v) is 2.31. The van der Waals surface area contributed by atoms with E-state index < -0.39 is 0 Å². The Bertz CT molecular complexity index is 455. The van der Waals surface area contributed by atoms with Crippen LogP contribution in [0.1, 0.15) is 23.2 Å². The maximum Gasteiger partial charge on any atom is 0.123 e. The van der Waals surface area contributed by atoms with E-state index in [1.807, 2.05) is 12.3 Å². The first-order chi connectivity index (χ1) is 7.20. The second-order valence-electron chi connectivity index (χ2n) is 3.55. The van der Waals surface area contributed by atoms with Gasteiger partial charge in [-0.25, -0.2) is 4.98 Å². The van der Waals surface area contributed by atoms with Crippen LogP contribution in [0.3, 0.4) is 0 Å². The Morgan fingerprint density at radius 2 is 2.13 bits per heavy atom. The van der Waals surface area contributed by atoms with Crippen molar-refractivity contribution in [1.82, 2.24) is 9.97 Å². The first kappa shape index (κ1) is 10.3. The summed E-state index contributed by atoms with van der Waals surface area (Å²) in [7, 11) is 0. The highest BCUT2D eigenvalue weighted by Gasteiger charge is 2.06. The van der Waals surface area contributed by atoms with E-state index in [2.05, 4.69) is 36.8 Å². The molecule has 0 N–H and O–H groups in total. The molecule has 0 atom stereocenters. The molecule has 2 aromatic rings. The quantitative estimate of drug-likeness (QED) is 0.772. The normalized spacial score (nSPS) is 10.6. The van der Waals surface area contributed by atoms with Gasteiger partial charge in [-0.1, -0.05) is 6.92 Å². The number of aromatic nitrogens is 2. The smallest absolute Gasteiger partial charge is 0.123 e. The summed E-state index contributed by atoms with van der Waals surface area (Å²) in [6.45, 7) is 6.28. The molecule has 15 heavy (non-hydrogen) atoms. The van der Waals surface area contributed by atoms with Gasteiger partial charge in [-0.05, 0) is 32.4 Å². The Kier molecular flexibility index (Phi) is 2.82. The van der Waals surface area contributed by atoms with Crippen LogP contribution in [0.4, 0.5) is 0 Å². The highest BCUT2D eigenvalue weighted by Crippen LogP contribution is 2.27. The molecule has 0 spiro atoms. The lowest BCUT2D eigenvalue weighted by molar-refractivity contribution is 1.04. The molecule has 2 aromatic heterocycles. The second kappa shape index (κ2) is 4.11. The molecule has 0 aliphatic rings. The van der Waals surface area contributed by atoms with E-state index >= 15 is 0 Å². The topological polar surface area (TPSA) is 25.8 Å². The van der Waals surface area contributed by atoms with Gasteiger partial charge in [0, 0.05) is 22.3 Å². The van der Waals surface area contributed by atoms with Gasteiger partial charge in [0.05, 0.1) is 5.69 Å². The molecule has 0 unspecified atom stereocenters. The van der Waals surface area contributed by atoms with E-state index in [1.165, 1.54) is 10.4 Å². The number of nitrogens with zero attached hydrogens (tertiary/aromatic N) is 2. The molecule has 0 aliphatic carbocycles. The fourth-order valence-electron chi connectivity index (χ4n) is 1.40. The van der Waals surface area contributed by atoms with E-state index in [0.717, 1.165) is 22.8 Å². The maximum absolute atomic E-state index is 4.55. The lowest BCUT2D eigenvalue weighted by atomic mass is 10.2. The number of hydrogen-bond acceptors (Lipinski definition) is 3. The third kappa shape index (κ3) is 2.07. The maximum atomic E-state index is 4.55. The number of aryl methyl sites for hydroxylation is 3.